The lowest BCUT2D eigenvalue weighted by Crippen LogP contribution is -2.29. The number of halogens is 1. The molecule has 1 saturated heterocycles. The molecule has 0 unspecified atom stereocenters. The first-order chi connectivity index (χ1) is 10.2. The van der Waals surface area contributed by atoms with Crippen LogP contribution in [0.1, 0.15) is 24.8 Å². The smallest absolute Gasteiger partial charge is 0.255 e. The number of aromatic nitrogens is 4. The van der Waals surface area contributed by atoms with E-state index in [9.17, 15) is 4.79 Å². The minimum atomic E-state index is 0.188. The van der Waals surface area contributed by atoms with E-state index in [1.807, 2.05) is 11.8 Å². The van der Waals surface area contributed by atoms with E-state index in [0.29, 0.717) is 23.9 Å². The monoisotopic (exact) mass is 308 g/mol. The average molecular weight is 309 g/mol. The largest absolute Gasteiger partial charge is 0.369 e. The number of likely N-dealkylation sites (tertiary alicyclic amines) is 1. The summed E-state index contributed by atoms with van der Waals surface area (Å²) in [5, 5.41) is 7.74. The quantitative estimate of drug-likeness (QED) is 0.867. The molecule has 1 amide bonds. The van der Waals surface area contributed by atoms with Crippen LogP contribution >= 0.6 is 11.6 Å². The highest BCUT2D eigenvalue weighted by atomic mass is 35.5. The number of nitrogens with zero attached hydrogens (tertiary/aromatic N) is 5. The number of carbonyl (C=O) groups excluding carboxylic acids is 1. The van der Waals surface area contributed by atoms with Crippen molar-refractivity contribution in [1.29, 1.82) is 0 Å². The minimum Gasteiger partial charge on any atom is -0.369 e. The van der Waals surface area contributed by atoms with E-state index in [4.69, 9.17) is 11.6 Å². The van der Waals surface area contributed by atoms with Gasteiger partial charge in [0.05, 0.1) is 0 Å². The summed E-state index contributed by atoms with van der Waals surface area (Å²) in [6.07, 6.45) is 4.10. The fourth-order valence-electron chi connectivity index (χ4n) is 2.52. The summed E-state index contributed by atoms with van der Waals surface area (Å²) in [6, 6.07) is 0. The average Bonchev–Trinajstić information content (AvgIpc) is 3.13. The number of anilines is 1. The number of rotatable bonds is 4. The first kappa shape index (κ1) is 14.1. The number of hydrogen-bond donors (Lipinski definition) is 1. The van der Waals surface area contributed by atoms with Gasteiger partial charge in [0.25, 0.3) is 5.78 Å². The molecular formula is C13H17ClN6O. The van der Waals surface area contributed by atoms with Crippen molar-refractivity contribution < 1.29 is 4.79 Å². The van der Waals surface area contributed by atoms with Crippen LogP contribution in [0.5, 0.6) is 0 Å². The molecule has 1 aliphatic heterocycles. The van der Waals surface area contributed by atoms with E-state index in [1.54, 1.807) is 4.52 Å². The molecule has 1 N–H and O–H groups in total. The van der Waals surface area contributed by atoms with Crippen molar-refractivity contribution in [3.8, 4) is 0 Å². The first-order valence-electron chi connectivity index (χ1n) is 7.04. The topological polar surface area (TPSA) is 75.4 Å². The van der Waals surface area contributed by atoms with Crippen molar-refractivity contribution in [2.24, 2.45) is 0 Å². The third-order valence-electron chi connectivity index (χ3n) is 3.69. The van der Waals surface area contributed by atoms with Crippen LogP contribution in [-0.2, 0) is 4.79 Å². The molecule has 0 spiro atoms. The van der Waals surface area contributed by atoms with Gasteiger partial charge in [0.2, 0.25) is 5.91 Å². The molecule has 0 aromatic carbocycles. The van der Waals surface area contributed by atoms with Gasteiger partial charge in [-0.25, -0.2) is 0 Å². The van der Waals surface area contributed by atoms with Crippen molar-refractivity contribution in [3.63, 3.8) is 0 Å². The van der Waals surface area contributed by atoms with Crippen LogP contribution < -0.4 is 5.32 Å². The van der Waals surface area contributed by atoms with E-state index in [-0.39, 0.29) is 5.91 Å². The second kappa shape index (κ2) is 5.85. The first-order valence-corrected chi connectivity index (χ1v) is 7.42. The molecule has 3 rings (SSSR count). The molecule has 1 aliphatic rings. The van der Waals surface area contributed by atoms with Gasteiger partial charge in [0, 0.05) is 31.6 Å². The maximum Gasteiger partial charge on any atom is 0.255 e. The summed E-state index contributed by atoms with van der Waals surface area (Å²) in [6.45, 7) is 4.16. The van der Waals surface area contributed by atoms with Crippen molar-refractivity contribution >= 4 is 29.1 Å². The number of nitrogens with one attached hydrogen (secondary N) is 1. The van der Waals surface area contributed by atoms with Crippen molar-refractivity contribution in [3.05, 3.63) is 17.0 Å². The Kier molecular flexibility index (Phi) is 3.92. The molecule has 21 heavy (non-hydrogen) atoms. The highest BCUT2D eigenvalue weighted by Gasteiger charge is 2.18. The number of carbonyl (C=O) groups is 1. The minimum absolute atomic E-state index is 0.188. The Balaban J connectivity index is 1.69. The molecule has 1 fully saturated rings. The van der Waals surface area contributed by atoms with Gasteiger partial charge < -0.3 is 10.2 Å². The van der Waals surface area contributed by atoms with Gasteiger partial charge in [-0.15, -0.1) is 0 Å². The zero-order chi connectivity index (χ0) is 14.8. The van der Waals surface area contributed by atoms with Crippen molar-refractivity contribution in [2.75, 3.05) is 25.0 Å². The van der Waals surface area contributed by atoms with E-state index in [1.165, 1.54) is 6.33 Å². The van der Waals surface area contributed by atoms with Crippen LogP contribution in [0.3, 0.4) is 0 Å². The SMILES string of the molecule is Cc1c(Cl)nc2ncnn2c1NCCC(=O)N1CCCC1. The molecule has 2 aromatic rings. The summed E-state index contributed by atoms with van der Waals surface area (Å²) in [4.78, 5) is 22.1. The highest BCUT2D eigenvalue weighted by Crippen LogP contribution is 2.22. The molecular weight excluding hydrogens is 292 g/mol. The molecule has 0 radical (unpaired) electrons. The Bertz CT molecular complexity index is 664. The van der Waals surface area contributed by atoms with E-state index < -0.39 is 0 Å². The predicted octanol–water partition coefficient (Wildman–Crippen LogP) is 1.51. The number of fused-ring (bicyclic) bond motifs is 1. The number of hydrogen-bond acceptors (Lipinski definition) is 5. The third kappa shape index (κ3) is 2.78. The summed E-state index contributed by atoms with van der Waals surface area (Å²) >= 11 is 6.09. The summed E-state index contributed by atoms with van der Waals surface area (Å²) in [5.74, 6) is 1.36. The van der Waals surface area contributed by atoms with Gasteiger partial charge in [-0.3, -0.25) is 4.79 Å². The molecule has 7 nitrogen and oxygen atoms in total. The fraction of sp³-hybridized carbons (Fsp3) is 0.538. The molecule has 112 valence electrons. The lowest BCUT2D eigenvalue weighted by atomic mass is 10.3. The van der Waals surface area contributed by atoms with Crippen LogP contribution in [0.25, 0.3) is 5.78 Å². The second-order valence-electron chi connectivity index (χ2n) is 5.11. The molecule has 3 heterocycles. The highest BCUT2D eigenvalue weighted by molar-refractivity contribution is 6.30. The van der Waals surface area contributed by atoms with Crippen LogP contribution in [0, 0.1) is 6.92 Å². The van der Waals surface area contributed by atoms with E-state index in [0.717, 1.165) is 37.3 Å². The zero-order valence-corrected chi connectivity index (χ0v) is 12.6. The van der Waals surface area contributed by atoms with Crippen molar-refractivity contribution in [2.45, 2.75) is 26.2 Å². The van der Waals surface area contributed by atoms with Gasteiger partial charge in [0.15, 0.2) is 0 Å². The standard InChI is InChI=1S/C13H17ClN6O/c1-9-11(14)18-13-16-8-17-20(13)12(9)15-5-4-10(21)19-6-2-3-7-19/h8,15H,2-7H2,1H3. The molecule has 0 bridgehead atoms. The van der Waals surface area contributed by atoms with Gasteiger partial charge in [-0.1, -0.05) is 11.6 Å². The maximum atomic E-state index is 12.0. The van der Waals surface area contributed by atoms with Crippen LogP contribution in [-0.4, -0.2) is 50.0 Å². The summed E-state index contributed by atoms with van der Waals surface area (Å²) in [7, 11) is 0. The van der Waals surface area contributed by atoms with Crippen LogP contribution in [0.15, 0.2) is 6.33 Å². The molecule has 8 heteroatoms. The Labute approximate surface area is 127 Å². The Morgan fingerprint density at radius 2 is 2.19 bits per heavy atom. The summed E-state index contributed by atoms with van der Waals surface area (Å²) < 4.78 is 1.60. The normalized spacial score (nSPS) is 14.9. The zero-order valence-electron chi connectivity index (χ0n) is 11.8. The Morgan fingerprint density at radius 1 is 1.43 bits per heavy atom. The molecule has 0 atom stereocenters. The second-order valence-corrected chi connectivity index (χ2v) is 5.47. The van der Waals surface area contributed by atoms with Gasteiger partial charge in [-0.2, -0.15) is 19.6 Å². The van der Waals surface area contributed by atoms with Crippen LogP contribution in [0.2, 0.25) is 5.15 Å². The van der Waals surface area contributed by atoms with E-state index in [2.05, 4.69) is 20.4 Å². The van der Waals surface area contributed by atoms with Crippen molar-refractivity contribution in [1.82, 2.24) is 24.5 Å². The maximum absolute atomic E-state index is 12.0. The third-order valence-corrected chi connectivity index (χ3v) is 4.06. The predicted molar refractivity (Wildman–Crippen MR) is 79.4 cm³/mol. The number of amides is 1. The Morgan fingerprint density at radius 3 is 2.95 bits per heavy atom. The van der Waals surface area contributed by atoms with Gasteiger partial charge in [0.1, 0.15) is 17.3 Å². The lowest BCUT2D eigenvalue weighted by molar-refractivity contribution is -0.129. The van der Waals surface area contributed by atoms with Gasteiger partial charge in [-0.05, 0) is 19.8 Å². The van der Waals surface area contributed by atoms with Gasteiger partial charge >= 0.3 is 0 Å². The lowest BCUT2D eigenvalue weighted by Gasteiger charge is -2.16. The van der Waals surface area contributed by atoms with E-state index >= 15 is 0 Å². The Hall–Kier alpha value is -1.89. The molecule has 0 aliphatic carbocycles. The van der Waals surface area contributed by atoms with Crippen LogP contribution in [0.4, 0.5) is 5.82 Å². The molecule has 2 aromatic heterocycles. The fourth-order valence-corrected chi connectivity index (χ4v) is 2.68. The summed E-state index contributed by atoms with van der Waals surface area (Å²) in [5.41, 5.74) is 0.795. The molecule has 0 saturated carbocycles.